The van der Waals surface area contributed by atoms with Crippen LogP contribution in [0.3, 0.4) is 0 Å². The highest BCUT2D eigenvalue weighted by atomic mass is 16.2. The lowest BCUT2D eigenvalue weighted by Crippen LogP contribution is -2.23. The molecule has 0 bridgehead atoms. The standard InChI is InChI=1S/C11H14N2O.C7H8/c1-13-6-4-10(11(13)14)7-9-3-2-5-12-8-9;1-7-5-3-2-4-6-7/h2-3,5,8,10H,4,6-7H2,1H3;2-6H,1H3. The molecule has 110 valence electrons. The highest BCUT2D eigenvalue weighted by Crippen LogP contribution is 2.20. The van der Waals surface area contributed by atoms with Crippen LogP contribution in [0.2, 0.25) is 0 Å². The summed E-state index contributed by atoms with van der Waals surface area (Å²) in [5.74, 6) is 0.443. The van der Waals surface area contributed by atoms with Crippen molar-refractivity contribution in [3.63, 3.8) is 0 Å². The molecule has 1 unspecified atom stereocenters. The number of carbonyl (C=O) groups excluding carboxylic acids is 1. The van der Waals surface area contributed by atoms with Gasteiger partial charge in [0.1, 0.15) is 0 Å². The van der Waals surface area contributed by atoms with E-state index in [4.69, 9.17) is 0 Å². The monoisotopic (exact) mass is 282 g/mol. The number of carbonyl (C=O) groups is 1. The second-order valence-electron chi connectivity index (χ2n) is 5.47. The number of aromatic nitrogens is 1. The topological polar surface area (TPSA) is 33.2 Å². The van der Waals surface area contributed by atoms with Gasteiger partial charge < -0.3 is 4.90 Å². The largest absolute Gasteiger partial charge is 0.345 e. The van der Waals surface area contributed by atoms with Gasteiger partial charge >= 0.3 is 0 Å². The van der Waals surface area contributed by atoms with Crippen LogP contribution in [0.5, 0.6) is 0 Å². The van der Waals surface area contributed by atoms with E-state index in [-0.39, 0.29) is 11.8 Å². The average Bonchev–Trinajstić information content (AvgIpc) is 2.82. The Labute approximate surface area is 126 Å². The van der Waals surface area contributed by atoms with E-state index >= 15 is 0 Å². The van der Waals surface area contributed by atoms with E-state index in [0.717, 1.165) is 24.9 Å². The quantitative estimate of drug-likeness (QED) is 0.848. The lowest BCUT2D eigenvalue weighted by molar-refractivity contribution is -0.129. The summed E-state index contributed by atoms with van der Waals surface area (Å²) in [6, 6.07) is 14.2. The molecule has 1 atom stereocenters. The number of rotatable bonds is 2. The van der Waals surface area contributed by atoms with Crippen LogP contribution in [0.25, 0.3) is 0 Å². The minimum atomic E-state index is 0.171. The van der Waals surface area contributed by atoms with Crippen molar-refractivity contribution in [2.24, 2.45) is 5.92 Å². The molecule has 3 rings (SSSR count). The van der Waals surface area contributed by atoms with Gasteiger partial charge in [-0.05, 0) is 31.4 Å². The van der Waals surface area contributed by atoms with Crippen molar-refractivity contribution < 1.29 is 4.79 Å². The maximum Gasteiger partial charge on any atom is 0.225 e. The Morgan fingerprint density at radius 3 is 2.43 bits per heavy atom. The van der Waals surface area contributed by atoms with Crippen LogP contribution >= 0.6 is 0 Å². The van der Waals surface area contributed by atoms with E-state index in [1.165, 1.54) is 5.56 Å². The Morgan fingerprint density at radius 1 is 1.19 bits per heavy atom. The molecule has 1 aliphatic rings. The van der Waals surface area contributed by atoms with Crippen LogP contribution in [0.15, 0.2) is 54.9 Å². The average molecular weight is 282 g/mol. The number of aryl methyl sites for hydroxylation is 1. The van der Waals surface area contributed by atoms with Gasteiger partial charge in [-0.1, -0.05) is 42.0 Å². The zero-order valence-corrected chi connectivity index (χ0v) is 12.7. The van der Waals surface area contributed by atoms with Gasteiger partial charge in [0.15, 0.2) is 0 Å². The van der Waals surface area contributed by atoms with Crippen molar-refractivity contribution in [3.8, 4) is 0 Å². The Bertz CT molecular complexity index is 554. The molecule has 0 saturated carbocycles. The summed E-state index contributed by atoms with van der Waals surface area (Å²) in [4.78, 5) is 17.5. The number of pyridine rings is 1. The number of hydrogen-bond acceptors (Lipinski definition) is 2. The highest BCUT2D eigenvalue weighted by molar-refractivity contribution is 5.80. The molecular weight excluding hydrogens is 260 g/mol. The van der Waals surface area contributed by atoms with Gasteiger partial charge in [0.2, 0.25) is 5.91 Å². The molecule has 3 heteroatoms. The second-order valence-corrected chi connectivity index (χ2v) is 5.47. The molecule has 1 aromatic carbocycles. The van der Waals surface area contributed by atoms with Gasteiger partial charge in [0.05, 0.1) is 0 Å². The first-order valence-corrected chi connectivity index (χ1v) is 7.32. The van der Waals surface area contributed by atoms with Crippen molar-refractivity contribution in [1.29, 1.82) is 0 Å². The maximum atomic E-state index is 11.6. The molecule has 0 radical (unpaired) electrons. The molecule has 0 N–H and O–H groups in total. The number of likely N-dealkylation sites (tertiary alicyclic amines) is 1. The SMILES string of the molecule is CN1CCC(Cc2cccnc2)C1=O.Cc1ccccc1. The third-order valence-corrected chi connectivity index (χ3v) is 3.68. The first kappa shape index (κ1) is 15.2. The Hall–Kier alpha value is -2.16. The number of benzene rings is 1. The molecule has 3 nitrogen and oxygen atoms in total. The first-order chi connectivity index (χ1) is 10.2. The van der Waals surface area contributed by atoms with Crippen LogP contribution in [-0.2, 0) is 11.2 Å². The first-order valence-electron chi connectivity index (χ1n) is 7.32. The summed E-state index contributed by atoms with van der Waals surface area (Å²) >= 11 is 0. The fourth-order valence-corrected chi connectivity index (χ4v) is 2.42. The van der Waals surface area contributed by atoms with E-state index in [9.17, 15) is 4.79 Å². The molecule has 2 aromatic rings. The number of nitrogens with zero attached hydrogens (tertiary/aromatic N) is 2. The van der Waals surface area contributed by atoms with Crippen LogP contribution in [-0.4, -0.2) is 29.4 Å². The second kappa shape index (κ2) is 7.58. The minimum Gasteiger partial charge on any atom is -0.345 e. The van der Waals surface area contributed by atoms with Crippen molar-refractivity contribution in [1.82, 2.24) is 9.88 Å². The van der Waals surface area contributed by atoms with Gasteiger partial charge in [-0.3, -0.25) is 9.78 Å². The molecule has 21 heavy (non-hydrogen) atoms. The van der Waals surface area contributed by atoms with Gasteiger partial charge in [-0.25, -0.2) is 0 Å². The summed E-state index contributed by atoms with van der Waals surface area (Å²) in [5, 5.41) is 0. The predicted molar refractivity (Wildman–Crippen MR) is 84.9 cm³/mol. The zero-order valence-electron chi connectivity index (χ0n) is 12.7. The summed E-state index contributed by atoms with van der Waals surface area (Å²) in [6.45, 7) is 2.98. The van der Waals surface area contributed by atoms with Gasteiger partial charge in [-0.15, -0.1) is 0 Å². The Balaban J connectivity index is 0.000000194. The fourth-order valence-electron chi connectivity index (χ4n) is 2.42. The third-order valence-electron chi connectivity index (χ3n) is 3.68. The van der Waals surface area contributed by atoms with E-state index in [0.29, 0.717) is 0 Å². The van der Waals surface area contributed by atoms with Gasteiger partial charge in [0, 0.05) is 31.9 Å². The van der Waals surface area contributed by atoms with Crippen LogP contribution in [0, 0.1) is 12.8 Å². The molecule has 1 fully saturated rings. The van der Waals surface area contributed by atoms with Crippen LogP contribution in [0.1, 0.15) is 17.5 Å². The number of hydrogen-bond donors (Lipinski definition) is 0. The van der Waals surface area contributed by atoms with Gasteiger partial charge in [0.25, 0.3) is 0 Å². The lowest BCUT2D eigenvalue weighted by atomic mass is 9.99. The molecular formula is C18H22N2O. The molecule has 1 saturated heterocycles. The molecule has 0 spiro atoms. The fraction of sp³-hybridized carbons (Fsp3) is 0.333. The lowest BCUT2D eigenvalue weighted by Gasteiger charge is -2.09. The predicted octanol–water partition coefficient (Wildman–Crippen LogP) is 3.10. The summed E-state index contributed by atoms with van der Waals surface area (Å²) in [5.41, 5.74) is 2.48. The summed E-state index contributed by atoms with van der Waals surface area (Å²) in [6.07, 6.45) is 5.40. The summed E-state index contributed by atoms with van der Waals surface area (Å²) in [7, 11) is 1.87. The molecule has 1 aliphatic heterocycles. The Kier molecular flexibility index (Phi) is 5.50. The third kappa shape index (κ3) is 4.71. The number of amides is 1. The smallest absolute Gasteiger partial charge is 0.225 e. The molecule has 1 amide bonds. The van der Waals surface area contributed by atoms with Crippen molar-refractivity contribution in [2.75, 3.05) is 13.6 Å². The Morgan fingerprint density at radius 2 is 1.95 bits per heavy atom. The van der Waals surface area contributed by atoms with Crippen molar-refractivity contribution >= 4 is 5.91 Å². The van der Waals surface area contributed by atoms with Gasteiger partial charge in [-0.2, -0.15) is 0 Å². The molecule has 2 heterocycles. The van der Waals surface area contributed by atoms with E-state index in [1.54, 1.807) is 11.1 Å². The van der Waals surface area contributed by atoms with Crippen molar-refractivity contribution in [2.45, 2.75) is 19.8 Å². The normalized spacial score (nSPS) is 17.3. The molecule has 0 aliphatic carbocycles. The zero-order chi connectivity index (χ0) is 15.1. The van der Waals surface area contributed by atoms with E-state index in [2.05, 4.69) is 24.0 Å². The maximum absolute atomic E-state index is 11.6. The highest BCUT2D eigenvalue weighted by Gasteiger charge is 2.28. The van der Waals surface area contributed by atoms with E-state index < -0.39 is 0 Å². The van der Waals surface area contributed by atoms with Crippen LogP contribution in [0.4, 0.5) is 0 Å². The van der Waals surface area contributed by atoms with Crippen LogP contribution < -0.4 is 0 Å². The minimum absolute atomic E-state index is 0.171. The molecule has 1 aromatic heterocycles. The van der Waals surface area contributed by atoms with Crippen molar-refractivity contribution in [3.05, 3.63) is 66.0 Å². The summed E-state index contributed by atoms with van der Waals surface area (Å²) < 4.78 is 0. The van der Waals surface area contributed by atoms with E-state index in [1.807, 2.05) is 43.6 Å².